The van der Waals surface area contributed by atoms with Crippen LogP contribution in [-0.4, -0.2) is 49.8 Å². The van der Waals surface area contributed by atoms with Crippen molar-refractivity contribution in [3.8, 4) is 11.1 Å². The molecule has 2 atom stereocenters. The summed E-state index contributed by atoms with van der Waals surface area (Å²) >= 11 is 0. The van der Waals surface area contributed by atoms with Crippen LogP contribution in [-0.2, 0) is 11.8 Å². The van der Waals surface area contributed by atoms with Crippen molar-refractivity contribution in [3.63, 3.8) is 0 Å². The summed E-state index contributed by atoms with van der Waals surface area (Å²) in [5, 5.41) is 12.3. The highest BCUT2D eigenvalue weighted by atomic mass is 16.2. The average molecular weight is 362 g/mol. The molecule has 27 heavy (non-hydrogen) atoms. The van der Waals surface area contributed by atoms with Gasteiger partial charge in [-0.3, -0.25) is 9.48 Å². The number of nitrogens with one attached hydrogen (secondary N) is 1. The van der Waals surface area contributed by atoms with Crippen LogP contribution in [0.1, 0.15) is 0 Å². The maximum atomic E-state index is 11.7. The Morgan fingerprint density at radius 3 is 2.81 bits per heavy atom. The number of hydrogen-bond donors (Lipinski definition) is 1. The van der Waals surface area contributed by atoms with Crippen LogP contribution in [0.25, 0.3) is 16.6 Å². The van der Waals surface area contributed by atoms with Gasteiger partial charge in [-0.2, -0.15) is 10.2 Å². The topological polar surface area (TPSA) is 67.5 Å². The summed E-state index contributed by atoms with van der Waals surface area (Å²) in [6.07, 6.45) is 9.13. The molecule has 0 radical (unpaired) electrons. The van der Waals surface area contributed by atoms with Gasteiger partial charge in [0.05, 0.1) is 23.6 Å². The molecular weight excluding hydrogens is 340 g/mol. The molecule has 2 aliphatic rings. The van der Waals surface area contributed by atoms with Crippen molar-refractivity contribution in [3.05, 3.63) is 49.6 Å². The van der Waals surface area contributed by atoms with Gasteiger partial charge in [-0.25, -0.2) is 4.52 Å². The van der Waals surface area contributed by atoms with Gasteiger partial charge in [0.15, 0.2) is 0 Å². The zero-order chi connectivity index (χ0) is 18.5. The maximum absolute atomic E-state index is 11.7. The molecule has 1 saturated carbocycles. The van der Waals surface area contributed by atoms with Gasteiger partial charge in [-0.1, -0.05) is 6.58 Å². The molecule has 3 aromatic rings. The molecule has 0 aromatic carbocycles. The molecule has 7 nitrogen and oxygen atoms in total. The summed E-state index contributed by atoms with van der Waals surface area (Å²) in [5.74, 6) is 1.91. The minimum absolute atomic E-state index is 0.0547. The second kappa shape index (κ2) is 5.97. The van der Waals surface area contributed by atoms with Crippen LogP contribution in [0.3, 0.4) is 0 Å². The first kappa shape index (κ1) is 16.1. The lowest BCUT2D eigenvalue weighted by Crippen LogP contribution is -2.30. The molecule has 1 N–H and O–H groups in total. The first-order chi connectivity index (χ1) is 13.1. The van der Waals surface area contributed by atoms with Gasteiger partial charge >= 0.3 is 0 Å². The van der Waals surface area contributed by atoms with Gasteiger partial charge in [0.2, 0.25) is 5.91 Å². The predicted molar refractivity (Wildman–Crippen MR) is 103 cm³/mol. The number of carbonyl (C=O) groups is 1. The molecule has 1 amide bonds. The second-order valence-corrected chi connectivity index (χ2v) is 7.53. The fraction of sp³-hybridized carbons (Fsp3) is 0.350. The van der Waals surface area contributed by atoms with Crippen molar-refractivity contribution in [2.24, 2.45) is 24.8 Å². The van der Waals surface area contributed by atoms with Crippen LogP contribution in [0.15, 0.2) is 49.6 Å². The summed E-state index contributed by atoms with van der Waals surface area (Å²) in [5.41, 5.74) is 4.30. The molecule has 2 fully saturated rings. The zero-order valence-electron chi connectivity index (χ0n) is 15.2. The fourth-order valence-electron chi connectivity index (χ4n) is 4.39. The third kappa shape index (κ3) is 2.70. The quantitative estimate of drug-likeness (QED) is 0.706. The van der Waals surface area contributed by atoms with E-state index in [2.05, 4.69) is 28.2 Å². The Kier molecular flexibility index (Phi) is 3.56. The van der Waals surface area contributed by atoms with Crippen molar-refractivity contribution in [1.82, 2.24) is 24.3 Å². The molecular formula is C20H22N6O. The molecule has 1 aliphatic heterocycles. The van der Waals surface area contributed by atoms with Crippen molar-refractivity contribution in [1.29, 1.82) is 0 Å². The van der Waals surface area contributed by atoms with E-state index in [1.54, 1.807) is 4.68 Å². The first-order valence-electron chi connectivity index (χ1n) is 9.25. The lowest BCUT2D eigenvalue weighted by Gasteiger charge is -2.18. The molecule has 5 rings (SSSR count). The highest BCUT2D eigenvalue weighted by Crippen LogP contribution is 2.51. The van der Waals surface area contributed by atoms with E-state index in [0.717, 1.165) is 42.0 Å². The van der Waals surface area contributed by atoms with Crippen LogP contribution in [0.2, 0.25) is 0 Å². The number of rotatable bonds is 5. The van der Waals surface area contributed by atoms with Crippen LogP contribution in [0.4, 0.5) is 5.69 Å². The highest BCUT2D eigenvalue weighted by molar-refractivity contribution is 5.87. The third-order valence-corrected chi connectivity index (χ3v) is 5.93. The van der Waals surface area contributed by atoms with Crippen molar-refractivity contribution in [2.75, 3.05) is 25.0 Å². The number of aryl methyl sites for hydroxylation is 1. The zero-order valence-corrected chi connectivity index (χ0v) is 15.2. The summed E-state index contributed by atoms with van der Waals surface area (Å²) in [7, 11) is 1.92. The number of anilines is 1. The Labute approximate surface area is 157 Å². The van der Waals surface area contributed by atoms with E-state index in [1.807, 2.05) is 47.3 Å². The Hall–Kier alpha value is -3.09. The number of amides is 1. The van der Waals surface area contributed by atoms with E-state index in [4.69, 9.17) is 0 Å². The lowest BCUT2D eigenvalue weighted by molar-refractivity contribution is -0.125. The summed E-state index contributed by atoms with van der Waals surface area (Å²) in [4.78, 5) is 13.6. The van der Waals surface area contributed by atoms with Crippen molar-refractivity contribution >= 4 is 17.1 Å². The van der Waals surface area contributed by atoms with Crippen LogP contribution < -0.4 is 5.32 Å². The van der Waals surface area contributed by atoms with Gasteiger partial charge in [-0.05, 0) is 36.0 Å². The smallest absolute Gasteiger partial charge is 0.245 e. The Balaban J connectivity index is 1.32. The van der Waals surface area contributed by atoms with Gasteiger partial charge < -0.3 is 10.2 Å². The number of aromatic nitrogens is 4. The minimum Gasteiger partial charge on any atom is -0.383 e. The van der Waals surface area contributed by atoms with Gasteiger partial charge in [0, 0.05) is 50.2 Å². The lowest BCUT2D eigenvalue weighted by atomic mass is 10.1. The Morgan fingerprint density at radius 2 is 2.11 bits per heavy atom. The van der Waals surface area contributed by atoms with Gasteiger partial charge in [-0.15, -0.1) is 0 Å². The molecule has 1 aliphatic carbocycles. The van der Waals surface area contributed by atoms with Gasteiger partial charge in [0.25, 0.3) is 0 Å². The normalized spacial score (nSPS) is 23.4. The second-order valence-electron chi connectivity index (χ2n) is 7.53. The molecule has 138 valence electrons. The largest absolute Gasteiger partial charge is 0.383 e. The monoisotopic (exact) mass is 362 g/mol. The molecule has 7 heteroatoms. The summed E-state index contributed by atoms with van der Waals surface area (Å²) in [6.45, 7) is 6.22. The van der Waals surface area contributed by atoms with Gasteiger partial charge in [0.1, 0.15) is 0 Å². The average Bonchev–Trinajstić information content (AvgIpc) is 3.16. The molecule has 1 saturated heterocycles. The van der Waals surface area contributed by atoms with Crippen LogP contribution in [0, 0.1) is 17.8 Å². The predicted octanol–water partition coefficient (Wildman–Crippen LogP) is 2.04. The van der Waals surface area contributed by atoms with E-state index in [0.29, 0.717) is 17.8 Å². The number of fused-ring (bicyclic) bond motifs is 2. The van der Waals surface area contributed by atoms with E-state index >= 15 is 0 Å². The van der Waals surface area contributed by atoms with E-state index < -0.39 is 0 Å². The number of carbonyl (C=O) groups excluding carboxylic acids is 1. The van der Waals surface area contributed by atoms with E-state index in [1.165, 1.54) is 6.08 Å². The van der Waals surface area contributed by atoms with Crippen LogP contribution in [0.5, 0.6) is 0 Å². The number of piperidine rings is 1. The number of likely N-dealkylation sites (tertiary alicyclic amines) is 1. The molecule has 0 bridgehead atoms. The highest BCUT2D eigenvalue weighted by Gasteiger charge is 2.55. The first-order valence-corrected chi connectivity index (χ1v) is 9.25. The maximum Gasteiger partial charge on any atom is 0.245 e. The molecule has 3 aromatic heterocycles. The Morgan fingerprint density at radius 1 is 1.30 bits per heavy atom. The number of pyridine rings is 1. The van der Waals surface area contributed by atoms with E-state index in [9.17, 15) is 4.79 Å². The summed E-state index contributed by atoms with van der Waals surface area (Å²) in [6, 6.07) is 4.19. The van der Waals surface area contributed by atoms with Crippen LogP contribution >= 0.6 is 0 Å². The number of hydrogen-bond acceptors (Lipinski definition) is 4. The molecule has 2 unspecified atom stereocenters. The van der Waals surface area contributed by atoms with Crippen molar-refractivity contribution < 1.29 is 4.79 Å². The third-order valence-electron chi connectivity index (χ3n) is 5.93. The standard InChI is InChI=1S/C20H22N6O/c1-3-20(27)25-11-16-15(17(16)12-25)8-21-18-6-13(14-7-23-24(2)9-14)10-26-19(18)4-5-22-26/h3-7,9-10,15-17,21H,1,8,11-12H2,2H3. The fourth-order valence-corrected chi connectivity index (χ4v) is 4.39. The van der Waals surface area contributed by atoms with E-state index in [-0.39, 0.29) is 5.91 Å². The summed E-state index contributed by atoms with van der Waals surface area (Å²) < 4.78 is 3.71. The number of nitrogens with zero attached hydrogens (tertiary/aromatic N) is 5. The molecule has 0 spiro atoms. The van der Waals surface area contributed by atoms with Crippen molar-refractivity contribution in [2.45, 2.75) is 0 Å². The minimum atomic E-state index is 0.0547. The SMILES string of the molecule is C=CC(=O)N1CC2C(CNc3cc(-c4cnn(C)c4)cn4nccc34)C2C1. The Bertz CT molecular complexity index is 1020. The molecule has 4 heterocycles.